The zero-order chi connectivity index (χ0) is 21.1. The molecule has 0 saturated carbocycles. The van der Waals surface area contributed by atoms with E-state index < -0.39 is 6.04 Å². The lowest BCUT2D eigenvalue weighted by Gasteiger charge is -2.28. The molecule has 0 aliphatic rings. The number of carbonyl (C=O) groups is 2. The molecule has 7 heteroatoms. The Kier molecular flexibility index (Phi) is 9.11. The number of amides is 2. The number of carbonyl (C=O) groups excluding carboxylic acids is 2. The number of hydrogen-bond acceptors (Lipinski definition) is 4. The van der Waals surface area contributed by atoms with Crippen LogP contribution in [0.25, 0.3) is 0 Å². The normalized spacial score (nSPS) is 11.6. The fraction of sp³-hybridized carbons (Fsp3) is 0.364. The Hall–Kier alpha value is -2.93. The summed E-state index contributed by atoms with van der Waals surface area (Å²) >= 11 is 0. The fourth-order valence-corrected chi connectivity index (χ4v) is 2.69. The number of rotatable bonds is 11. The molecule has 0 unspecified atom stereocenters. The molecule has 2 amide bonds. The van der Waals surface area contributed by atoms with Gasteiger partial charge in [-0.2, -0.15) is 0 Å². The summed E-state index contributed by atoms with van der Waals surface area (Å²) in [6.45, 7) is 2.62. The van der Waals surface area contributed by atoms with Gasteiger partial charge in [0.25, 0.3) is 5.91 Å². The number of ether oxygens (including phenoxy) is 2. The Morgan fingerprint density at radius 1 is 1.10 bits per heavy atom. The summed E-state index contributed by atoms with van der Waals surface area (Å²) in [5.41, 5.74) is 0.721. The number of para-hydroxylation sites is 1. The maximum atomic E-state index is 13.2. The van der Waals surface area contributed by atoms with Crippen molar-refractivity contribution in [2.45, 2.75) is 25.9 Å². The van der Waals surface area contributed by atoms with E-state index in [1.165, 1.54) is 17.0 Å². The Balaban J connectivity index is 2.05. The summed E-state index contributed by atoms with van der Waals surface area (Å²) in [6.07, 6.45) is 0.679. The van der Waals surface area contributed by atoms with Crippen LogP contribution in [-0.4, -0.2) is 49.6 Å². The summed E-state index contributed by atoms with van der Waals surface area (Å²) in [6, 6.07) is 14.1. The van der Waals surface area contributed by atoms with Gasteiger partial charge in [0.2, 0.25) is 5.91 Å². The van der Waals surface area contributed by atoms with Crippen LogP contribution in [0.1, 0.15) is 18.9 Å². The van der Waals surface area contributed by atoms with Gasteiger partial charge in [0.05, 0.1) is 0 Å². The number of nitrogens with one attached hydrogen (secondary N) is 1. The van der Waals surface area contributed by atoms with Gasteiger partial charge in [-0.05, 0) is 43.2 Å². The molecular formula is C22H27FN2O4. The molecule has 2 aromatic rings. The Labute approximate surface area is 170 Å². The van der Waals surface area contributed by atoms with Crippen LogP contribution in [0.2, 0.25) is 0 Å². The fourth-order valence-electron chi connectivity index (χ4n) is 2.69. The van der Waals surface area contributed by atoms with Gasteiger partial charge in [-0.3, -0.25) is 9.59 Å². The lowest BCUT2D eigenvalue weighted by Crippen LogP contribution is -2.49. The number of hydrogen-bond donors (Lipinski definition) is 1. The van der Waals surface area contributed by atoms with Crippen molar-refractivity contribution in [2.75, 3.05) is 26.9 Å². The minimum absolute atomic E-state index is 0.171. The first-order valence-electron chi connectivity index (χ1n) is 9.49. The average molecular weight is 402 g/mol. The molecule has 156 valence electrons. The van der Waals surface area contributed by atoms with Crippen LogP contribution in [0.3, 0.4) is 0 Å². The molecule has 0 aliphatic carbocycles. The third-order valence-corrected chi connectivity index (χ3v) is 4.36. The maximum Gasteiger partial charge on any atom is 0.261 e. The first kappa shape index (κ1) is 22.4. The quantitative estimate of drug-likeness (QED) is 0.587. The minimum Gasteiger partial charge on any atom is -0.484 e. The lowest BCUT2D eigenvalue weighted by atomic mass is 10.1. The van der Waals surface area contributed by atoms with Crippen molar-refractivity contribution in [3.8, 4) is 5.75 Å². The second-order valence-electron chi connectivity index (χ2n) is 6.56. The van der Waals surface area contributed by atoms with Gasteiger partial charge in [-0.1, -0.05) is 30.3 Å². The van der Waals surface area contributed by atoms with Gasteiger partial charge >= 0.3 is 0 Å². The molecule has 1 atom stereocenters. The van der Waals surface area contributed by atoms with E-state index in [0.29, 0.717) is 25.3 Å². The van der Waals surface area contributed by atoms with Gasteiger partial charge in [0.1, 0.15) is 17.6 Å². The highest BCUT2D eigenvalue weighted by molar-refractivity contribution is 5.87. The zero-order valence-corrected chi connectivity index (χ0v) is 16.8. The molecule has 0 radical (unpaired) electrons. The average Bonchev–Trinajstić information content (AvgIpc) is 2.74. The molecule has 2 rings (SSSR count). The first-order valence-corrected chi connectivity index (χ1v) is 9.49. The Bertz CT molecular complexity index is 768. The van der Waals surface area contributed by atoms with Crippen LogP contribution >= 0.6 is 0 Å². The zero-order valence-electron chi connectivity index (χ0n) is 16.8. The highest BCUT2D eigenvalue weighted by atomic mass is 19.1. The predicted molar refractivity (Wildman–Crippen MR) is 108 cm³/mol. The molecule has 0 spiro atoms. The molecule has 0 fully saturated rings. The van der Waals surface area contributed by atoms with E-state index in [9.17, 15) is 14.0 Å². The summed E-state index contributed by atoms with van der Waals surface area (Å²) in [5, 5.41) is 2.81. The largest absolute Gasteiger partial charge is 0.484 e. The molecule has 29 heavy (non-hydrogen) atoms. The molecule has 0 bridgehead atoms. The highest BCUT2D eigenvalue weighted by Gasteiger charge is 2.26. The topological polar surface area (TPSA) is 67.9 Å². The molecule has 2 aromatic carbocycles. The van der Waals surface area contributed by atoms with E-state index in [1.807, 2.05) is 18.2 Å². The number of methoxy groups -OCH3 is 1. The Morgan fingerprint density at radius 3 is 2.45 bits per heavy atom. The monoisotopic (exact) mass is 402 g/mol. The van der Waals surface area contributed by atoms with Gasteiger partial charge in [0.15, 0.2) is 6.61 Å². The Morgan fingerprint density at radius 2 is 1.79 bits per heavy atom. The third-order valence-electron chi connectivity index (χ3n) is 4.36. The molecular weight excluding hydrogens is 375 g/mol. The van der Waals surface area contributed by atoms with Crippen molar-refractivity contribution in [2.24, 2.45) is 0 Å². The van der Waals surface area contributed by atoms with Crippen LogP contribution in [0.4, 0.5) is 4.39 Å². The lowest BCUT2D eigenvalue weighted by molar-refractivity contribution is -0.142. The van der Waals surface area contributed by atoms with Crippen molar-refractivity contribution >= 4 is 11.8 Å². The molecule has 0 saturated heterocycles. The van der Waals surface area contributed by atoms with Crippen molar-refractivity contribution in [3.05, 3.63) is 66.0 Å². The highest BCUT2D eigenvalue weighted by Crippen LogP contribution is 2.13. The summed E-state index contributed by atoms with van der Waals surface area (Å²) in [7, 11) is 1.60. The van der Waals surface area contributed by atoms with Crippen LogP contribution < -0.4 is 10.1 Å². The second kappa shape index (κ2) is 11.8. The van der Waals surface area contributed by atoms with Crippen molar-refractivity contribution < 1.29 is 23.5 Å². The van der Waals surface area contributed by atoms with Crippen LogP contribution in [-0.2, 0) is 20.9 Å². The molecule has 0 aromatic heterocycles. The van der Waals surface area contributed by atoms with Gasteiger partial charge < -0.3 is 19.7 Å². The molecule has 6 nitrogen and oxygen atoms in total. The summed E-state index contributed by atoms with van der Waals surface area (Å²) < 4.78 is 23.7. The SMILES string of the molecule is COCCCNC(=O)[C@@H](C)N(Cc1ccc(F)cc1)C(=O)COc1ccccc1. The van der Waals surface area contributed by atoms with E-state index in [4.69, 9.17) is 9.47 Å². The van der Waals surface area contributed by atoms with Crippen LogP contribution in [0, 0.1) is 5.82 Å². The maximum absolute atomic E-state index is 13.2. The minimum atomic E-state index is -0.713. The van der Waals surface area contributed by atoms with E-state index in [-0.39, 0.29) is 30.8 Å². The van der Waals surface area contributed by atoms with Crippen molar-refractivity contribution in [1.82, 2.24) is 10.2 Å². The molecule has 0 heterocycles. The van der Waals surface area contributed by atoms with Crippen LogP contribution in [0.15, 0.2) is 54.6 Å². The van der Waals surface area contributed by atoms with Gasteiger partial charge in [0, 0.05) is 26.8 Å². The number of nitrogens with zero attached hydrogens (tertiary/aromatic N) is 1. The number of halogens is 1. The first-order chi connectivity index (χ1) is 14.0. The van der Waals surface area contributed by atoms with Crippen LogP contribution in [0.5, 0.6) is 5.75 Å². The van der Waals surface area contributed by atoms with Gasteiger partial charge in [-0.25, -0.2) is 4.39 Å². The van der Waals surface area contributed by atoms with Crippen molar-refractivity contribution in [1.29, 1.82) is 0 Å². The predicted octanol–water partition coefficient (Wildman–Crippen LogP) is 2.77. The van der Waals surface area contributed by atoms with Crippen molar-refractivity contribution in [3.63, 3.8) is 0 Å². The molecule has 1 N–H and O–H groups in total. The third kappa shape index (κ3) is 7.54. The van der Waals surface area contributed by atoms with Gasteiger partial charge in [-0.15, -0.1) is 0 Å². The molecule has 0 aliphatic heterocycles. The number of benzene rings is 2. The standard InChI is InChI=1S/C22H27FN2O4/c1-17(22(27)24-13-6-14-28-2)25(15-18-9-11-19(23)12-10-18)21(26)16-29-20-7-4-3-5-8-20/h3-5,7-12,17H,6,13-16H2,1-2H3,(H,24,27)/t17-/m1/s1. The van der Waals surface area contributed by atoms with E-state index in [2.05, 4.69) is 5.32 Å². The van der Waals surface area contributed by atoms with E-state index in [0.717, 1.165) is 5.56 Å². The van der Waals surface area contributed by atoms with E-state index in [1.54, 1.807) is 38.3 Å². The summed E-state index contributed by atoms with van der Waals surface area (Å²) in [4.78, 5) is 26.8. The van der Waals surface area contributed by atoms with E-state index >= 15 is 0 Å². The summed E-state index contributed by atoms with van der Waals surface area (Å²) in [5.74, 6) is -0.392. The second-order valence-corrected chi connectivity index (χ2v) is 6.56. The smallest absolute Gasteiger partial charge is 0.261 e.